The summed E-state index contributed by atoms with van der Waals surface area (Å²) in [5, 5.41) is 0. The summed E-state index contributed by atoms with van der Waals surface area (Å²) in [5.41, 5.74) is 2.57. The van der Waals surface area contributed by atoms with Crippen LogP contribution in [0.2, 0.25) is 0 Å². The lowest BCUT2D eigenvalue weighted by molar-refractivity contribution is 0.359. The maximum Gasteiger partial charge on any atom is 0.105 e. The lowest BCUT2D eigenvalue weighted by atomic mass is 10.0. The van der Waals surface area contributed by atoms with Crippen LogP contribution in [0.5, 0.6) is 0 Å². The van der Waals surface area contributed by atoms with E-state index in [0.29, 0.717) is 0 Å². The fourth-order valence-electron chi connectivity index (χ4n) is 2.42. The largest absolute Gasteiger partial charge is 0.356 e. The number of fused-ring (bicyclic) bond motifs is 2. The van der Waals surface area contributed by atoms with Gasteiger partial charge >= 0.3 is 0 Å². The third-order valence-corrected chi connectivity index (χ3v) is 4.07. The number of amidine groups is 1. The zero-order chi connectivity index (χ0) is 11.0. The second-order valence-electron chi connectivity index (χ2n) is 4.40. The molecule has 0 aromatic heterocycles. The van der Waals surface area contributed by atoms with Crippen molar-refractivity contribution in [3.63, 3.8) is 0 Å². The van der Waals surface area contributed by atoms with E-state index in [1.54, 1.807) is 11.8 Å². The molecule has 0 saturated carbocycles. The maximum absolute atomic E-state index is 4.81. The van der Waals surface area contributed by atoms with Crippen molar-refractivity contribution in [3.8, 4) is 0 Å². The molecule has 2 aliphatic heterocycles. The Balaban J connectivity index is 1.99. The average molecular weight is 232 g/mol. The molecular weight excluding hydrogens is 216 g/mol. The number of benzene rings is 1. The van der Waals surface area contributed by atoms with E-state index in [2.05, 4.69) is 29.4 Å². The quantitative estimate of drug-likeness (QED) is 0.689. The first-order valence-electron chi connectivity index (χ1n) is 5.86. The number of hydrogen-bond acceptors (Lipinski definition) is 3. The minimum Gasteiger partial charge on any atom is -0.356 e. The van der Waals surface area contributed by atoms with Gasteiger partial charge in [0.2, 0.25) is 0 Å². The van der Waals surface area contributed by atoms with Gasteiger partial charge < -0.3 is 4.90 Å². The van der Waals surface area contributed by atoms with E-state index in [1.165, 1.54) is 41.4 Å². The predicted octanol–water partition coefficient (Wildman–Crippen LogP) is 3.44. The lowest BCUT2D eigenvalue weighted by Crippen LogP contribution is -2.36. The Morgan fingerprint density at radius 3 is 3.12 bits per heavy atom. The summed E-state index contributed by atoms with van der Waals surface area (Å²) in [6.45, 7) is 2.24. The van der Waals surface area contributed by atoms with Gasteiger partial charge in [0.1, 0.15) is 5.84 Å². The first-order chi connectivity index (χ1) is 7.86. The summed E-state index contributed by atoms with van der Waals surface area (Å²) in [7, 11) is 0. The van der Waals surface area contributed by atoms with E-state index in [0.717, 1.165) is 13.0 Å². The molecule has 0 bridgehead atoms. The number of hydrogen-bond donors (Lipinski definition) is 0. The molecule has 1 aromatic rings. The second-order valence-corrected chi connectivity index (χ2v) is 5.28. The molecule has 2 aliphatic rings. The van der Waals surface area contributed by atoms with E-state index in [4.69, 9.17) is 4.99 Å². The van der Waals surface area contributed by atoms with Crippen LogP contribution in [-0.4, -0.2) is 23.5 Å². The standard InChI is InChI=1S/C13H16N2S/c1-16-11-6-5-10-9-15-7-3-2-4-13(15)14-12(10)8-11/h5-6,8H,2-4,7,9H2,1H3. The second kappa shape index (κ2) is 4.13. The van der Waals surface area contributed by atoms with Crippen LogP contribution in [-0.2, 0) is 6.54 Å². The van der Waals surface area contributed by atoms with Crippen molar-refractivity contribution in [1.29, 1.82) is 0 Å². The fraction of sp³-hybridized carbons (Fsp3) is 0.462. The summed E-state index contributed by atoms with van der Waals surface area (Å²) < 4.78 is 0. The Labute approximate surface area is 101 Å². The molecular formula is C13H16N2S. The summed E-state index contributed by atoms with van der Waals surface area (Å²) in [4.78, 5) is 8.55. The van der Waals surface area contributed by atoms with E-state index >= 15 is 0 Å². The first-order valence-corrected chi connectivity index (χ1v) is 7.09. The van der Waals surface area contributed by atoms with Gasteiger partial charge in [-0.25, -0.2) is 4.99 Å². The molecule has 1 fully saturated rings. The molecule has 0 N–H and O–H groups in total. The van der Waals surface area contributed by atoms with Crippen molar-refractivity contribution in [3.05, 3.63) is 23.8 Å². The number of piperidine rings is 1. The summed E-state index contributed by atoms with van der Waals surface area (Å²) in [6.07, 6.45) is 5.89. The van der Waals surface area contributed by atoms with E-state index in [-0.39, 0.29) is 0 Å². The van der Waals surface area contributed by atoms with Gasteiger partial charge in [-0.15, -0.1) is 11.8 Å². The Morgan fingerprint density at radius 2 is 2.25 bits per heavy atom. The molecule has 84 valence electrons. The van der Waals surface area contributed by atoms with Crippen molar-refractivity contribution in [1.82, 2.24) is 4.90 Å². The molecule has 0 radical (unpaired) electrons. The molecule has 0 unspecified atom stereocenters. The zero-order valence-corrected chi connectivity index (χ0v) is 10.4. The number of nitrogens with zero attached hydrogens (tertiary/aromatic N) is 2. The third kappa shape index (κ3) is 1.73. The topological polar surface area (TPSA) is 15.6 Å². The normalized spacial score (nSPS) is 18.8. The Hall–Kier alpha value is -0.960. The van der Waals surface area contributed by atoms with E-state index in [9.17, 15) is 0 Å². The Bertz CT molecular complexity index is 440. The van der Waals surface area contributed by atoms with Crippen LogP contribution in [0.25, 0.3) is 0 Å². The van der Waals surface area contributed by atoms with Crippen molar-refractivity contribution in [2.75, 3.05) is 12.8 Å². The molecule has 16 heavy (non-hydrogen) atoms. The molecule has 2 nitrogen and oxygen atoms in total. The van der Waals surface area contributed by atoms with Crippen LogP contribution >= 0.6 is 11.8 Å². The van der Waals surface area contributed by atoms with E-state index in [1.807, 2.05) is 0 Å². The van der Waals surface area contributed by atoms with Crippen LogP contribution in [0, 0.1) is 0 Å². The first kappa shape index (κ1) is 10.2. The van der Waals surface area contributed by atoms with Gasteiger partial charge in [-0.05, 0) is 36.8 Å². The number of rotatable bonds is 1. The smallest absolute Gasteiger partial charge is 0.105 e. The van der Waals surface area contributed by atoms with Gasteiger partial charge in [0.15, 0.2) is 0 Å². The van der Waals surface area contributed by atoms with Gasteiger partial charge in [-0.3, -0.25) is 0 Å². The van der Waals surface area contributed by atoms with Crippen molar-refractivity contribution < 1.29 is 0 Å². The fourth-order valence-corrected chi connectivity index (χ4v) is 2.86. The highest BCUT2D eigenvalue weighted by Gasteiger charge is 2.22. The number of aliphatic imine (C=N–C) groups is 1. The van der Waals surface area contributed by atoms with Gasteiger partial charge in [-0.2, -0.15) is 0 Å². The Kier molecular flexibility index (Phi) is 2.64. The lowest BCUT2D eigenvalue weighted by Gasteiger charge is -2.34. The molecule has 3 heteroatoms. The molecule has 0 amide bonds. The maximum atomic E-state index is 4.81. The van der Waals surface area contributed by atoms with Crippen molar-refractivity contribution in [2.45, 2.75) is 30.7 Å². The SMILES string of the molecule is CSc1ccc2c(c1)N=C1CCCCN1C2. The third-order valence-electron chi connectivity index (χ3n) is 3.35. The molecule has 0 spiro atoms. The zero-order valence-electron chi connectivity index (χ0n) is 9.57. The molecule has 1 aromatic carbocycles. The minimum atomic E-state index is 1.06. The van der Waals surface area contributed by atoms with Crippen LogP contribution < -0.4 is 0 Å². The van der Waals surface area contributed by atoms with Crippen molar-refractivity contribution in [2.24, 2.45) is 4.99 Å². The average Bonchev–Trinajstić information content (AvgIpc) is 2.35. The molecule has 0 aliphatic carbocycles. The monoisotopic (exact) mass is 232 g/mol. The van der Waals surface area contributed by atoms with Gasteiger partial charge in [0, 0.05) is 24.4 Å². The molecule has 1 saturated heterocycles. The van der Waals surface area contributed by atoms with Crippen LogP contribution in [0.1, 0.15) is 24.8 Å². The van der Waals surface area contributed by atoms with Crippen LogP contribution in [0.4, 0.5) is 5.69 Å². The molecule has 2 heterocycles. The predicted molar refractivity (Wildman–Crippen MR) is 69.6 cm³/mol. The van der Waals surface area contributed by atoms with Gasteiger partial charge in [-0.1, -0.05) is 6.07 Å². The van der Waals surface area contributed by atoms with Crippen molar-refractivity contribution >= 4 is 23.3 Å². The van der Waals surface area contributed by atoms with Gasteiger partial charge in [0.05, 0.1) is 5.69 Å². The minimum absolute atomic E-state index is 1.06. The number of thioether (sulfide) groups is 1. The molecule has 3 rings (SSSR count). The highest BCUT2D eigenvalue weighted by molar-refractivity contribution is 7.98. The summed E-state index contributed by atoms with van der Waals surface area (Å²) >= 11 is 1.79. The highest BCUT2D eigenvalue weighted by atomic mass is 32.2. The van der Waals surface area contributed by atoms with Crippen LogP contribution in [0.15, 0.2) is 28.1 Å². The summed E-state index contributed by atoms with van der Waals surface area (Å²) in [6, 6.07) is 6.66. The summed E-state index contributed by atoms with van der Waals surface area (Å²) in [5.74, 6) is 1.30. The van der Waals surface area contributed by atoms with Gasteiger partial charge in [0.25, 0.3) is 0 Å². The Morgan fingerprint density at radius 1 is 1.31 bits per heavy atom. The highest BCUT2D eigenvalue weighted by Crippen LogP contribution is 2.32. The van der Waals surface area contributed by atoms with E-state index < -0.39 is 0 Å². The van der Waals surface area contributed by atoms with Crippen LogP contribution in [0.3, 0.4) is 0 Å². The molecule has 0 atom stereocenters.